The van der Waals surface area contributed by atoms with Gasteiger partial charge < -0.3 is 4.90 Å². The van der Waals surface area contributed by atoms with E-state index in [4.69, 9.17) is 0 Å². The lowest BCUT2D eigenvalue weighted by atomic mass is 10.3. The molecule has 0 saturated carbocycles. The van der Waals surface area contributed by atoms with Gasteiger partial charge in [-0.25, -0.2) is 19.9 Å². The first kappa shape index (κ1) is 18.1. The summed E-state index contributed by atoms with van der Waals surface area (Å²) in [6, 6.07) is 1.86. The molecule has 1 fully saturated rings. The van der Waals surface area contributed by atoms with Crippen LogP contribution in [0.15, 0.2) is 36.0 Å². The van der Waals surface area contributed by atoms with Crippen molar-refractivity contribution in [2.45, 2.75) is 43.6 Å². The van der Waals surface area contributed by atoms with E-state index in [0.29, 0.717) is 5.25 Å². The summed E-state index contributed by atoms with van der Waals surface area (Å²) in [6.45, 7) is 9.33. The fourth-order valence-corrected chi connectivity index (χ4v) is 3.54. The minimum atomic E-state index is 0.558. The third-order valence-corrected chi connectivity index (χ3v) is 5.55. The summed E-state index contributed by atoms with van der Waals surface area (Å²) in [5, 5.41) is 1.43. The first-order chi connectivity index (χ1) is 12.2. The maximum absolute atomic E-state index is 4.51. The average molecular weight is 359 g/mol. The van der Waals surface area contributed by atoms with Gasteiger partial charge in [0.05, 0.1) is 0 Å². The topological polar surface area (TPSA) is 58.0 Å². The highest BCUT2D eigenvalue weighted by Gasteiger charge is 2.17. The monoisotopic (exact) mass is 358 g/mol. The number of thioether (sulfide) groups is 1. The minimum absolute atomic E-state index is 0.558. The van der Waals surface area contributed by atoms with Gasteiger partial charge in [0.25, 0.3) is 0 Å². The normalized spacial score (nSPS) is 17.3. The van der Waals surface area contributed by atoms with Crippen molar-refractivity contribution >= 4 is 17.7 Å². The quantitative estimate of drug-likeness (QED) is 0.581. The van der Waals surface area contributed by atoms with Crippen molar-refractivity contribution in [3.63, 3.8) is 0 Å². The molecule has 1 atom stereocenters. The molecule has 2 aromatic heterocycles. The average Bonchev–Trinajstić information content (AvgIpc) is 2.89. The molecule has 0 aromatic carbocycles. The molecule has 0 radical (unpaired) electrons. The number of rotatable bonds is 6. The van der Waals surface area contributed by atoms with Crippen LogP contribution in [0.1, 0.15) is 32.3 Å². The SMILES string of the molecule is CC[C@@H](C)Sc1ncc(CN2CCCN(c3ncccn3)CC2)cn1. The molecule has 0 aliphatic carbocycles. The highest BCUT2D eigenvalue weighted by atomic mass is 32.2. The molecule has 3 heterocycles. The Hall–Kier alpha value is -1.73. The maximum atomic E-state index is 4.51. The van der Waals surface area contributed by atoms with E-state index in [9.17, 15) is 0 Å². The molecule has 0 spiro atoms. The van der Waals surface area contributed by atoms with E-state index in [1.165, 1.54) is 5.56 Å². The second-order valence-electron chi connectivity index (χ2n) is 6.38. The van der Waals surface area contributed by atoms with Crippen molar-refractivity contribution in [3.05, 3.63) is 36.4 Å². The second kappa shape index (κ2) is 9.10. The Morgan fingerprint density at radius 3 is 2.52 bits per heavy atom. The molecule has 0 N–H and O–H groups in total. The van der Waals surface area contributed by atoms with E-state index in [-0.39, 0.29) is 0 Å². The number of aromatic nitrogens is 4. The van der Waals surface area contributed by atoms with E-state index in [1.807, 2.05) is 18.5 Å². The zero-order valence-electron chi connectivity index (χ0n) is 15.0. The van der Waals surface area contributed by atoms with Crippen LogP contribution in [0, 0.1) is 0 Å². The molecule has 25 heavy (non-hydrogen) atoms. The van der Waals surface area contributed by atoms with E-state index in [2.05, 4.69) is 43.6 Å². The van der Waals surface area contributed by atoms with Crippen molar-refractivity contribution in [1.29, 1.82) is 0 Å². The first-order valence-electron chi connectivity index (χ1n) is 8.96. The van der Waals surface area contributed by atoms with Gasteiger partial charge in [0, 0.05) is 68.3 Å². The zero-order chi connectivity index (χ0) is 17.5. The third kappa shape index (κ3) is 5.37. The van der Waals surface area contributed by atoms with E-state index < -0.39 is 0 Å². The lowest BCUT2D eigenvalue weighted by Gasteiger charge is -2.21. The molecule has 0 unspecified atom stereocenters. The van der Waals surface area contributed by atoms with Gasteiger partial charge >= 0.3 is 0 Å². The zero-order valence-corrected chi connectivity index (χ0v) is 15.8. The highest BCUT2D eigenvalue weighted by molar-refractivity contribution is 7.99. The molecule has 7 heteroatoms. The van der Waals surface area contributed by atoms with Crippen molar-refractivity contribution in [3.8, 4) is 0 Å². The number of hydrogen-bond donors (Lipinski definition) is 0. The Labute approximate surface area is 154 Å². The van der Waals surface area contributed by atoms with Crippen LogP contribution in [0.25, 0.3) is 0 Å². The number of anilines is 1. The Balaban J connectivity index is 1.53. The molecule has 1 aliphatic heterocycles. The molecule has 0 bridgehead atoms. The Morgan fingerprint density at radius 2 is 1.80 bits per heavy atom. The summed E-state index contributed by atoms with van der Waals surface area (Å²) in [6.07, 6.45) is 9.80. The standard InChI is InChI=1S/C18H26N6S/c1-3-15(2)25-18-21-12-16(13-22-18)14-23-8-5-9-24(11-10-23)17-19-6-4-7-20-17/h4,6-7,12-13,15H,3,5,8-11,14H2,1-2H3/t15-/m1/s1. The minimum Gasteiger partial charge on any atom is -0.339 e. The van der Waals surface area contributed by atoms with Crippen molar-refractivity contribution in [1.82, 2.24) is 24.8 Å². The highest BCUT2D eigenvalue weighted by Crippen LogP contribution is 2.21. The van der Waals surface area contributed by atoms with Gasteiger partial charge in [-0.05, 0) is 18.9 Å². The van der Waals surface area contributed by atoms with Crippen LogP contribution >= 0.6 is 11.8 Å². The summed E-state index contributed by atoms with van der Waals surface area (Å²) in [5.41, 5.74) is 1.18. The molecule has 0 amide bonds. The fraction of sp³-hybridized carbons (Fsp3) is 0.556. The lowest BCUT2D eigenvalue weighted by molar-refractivity contribution is 0.284. The van der Waals surface area contributed by atoms with Gasteiger partial charge in [0.2, 0.25) is 5.95 Å². The molecule has 134 valence electrons. The van der Waals surface area contributed by atoms with Crippen LogP contribution < -0.4 is 4.90 Å². The smallest absolute Gasteiger partial charge is 0.225 e. The Bertz CT molecular complexity index is 636. The summed E-state index contributed by atoms with van der Waals surface area (Å²) < 4.78 is 0. The van der Waals surface area contributed by atoms with E-state index in [1.54, 1.807) is 24.2 Å². The molecule has 6 nitrogen and oxygen atoms in total. The van der Waals surface area contributed by atoms with Gasteiger partial charge in [0.1, 0.15) is 0 Å². The third-order valence-electron chi connectivity index (χ3n) is 4.39. The summed E-state index contributed by atoms with van der Waals surface area (Å²) in [4.78, 5) is 22.5. The van der Waals surface area contributed by atoms with Gasteiger partial charge in [-0.15, -0.1) is 0 Å². The number of hydrogen-bond acceptors (Lipinski definition) is 7. The summed E-state index contributed by atoms with van der Waals surface area (Å²) in [7, 11) is 0. The predicted octanol–water partition coefficient (Wildman–Crippen LogP) is 2.87. The summed E-state index contributed by atoms with van der Waals surface area (Å²) >= 11 is 1.74. The fourth-order valence-electron chi connectivity index (χ4n) is 2.79. The van der Waals surface area contributed by atoms with Gasteiger partial charge in [-0.1, -0.05) is 25.6 Å². The second-order valence-corrected chi connectivity index (χ2v) is 7.78. The molecular formula is C18H26N6S. The molecule has 2 aromatic rings. The predicted molar refractivity (Wildman–Crippen MR) is 102 cm³/mol. The van der Waals surface area contributed by atoms with Crippen LogP contribution in [0.4, 0.5) is 5.95 Å². The largest absolute Gasteiger partial charge is 0.339 e. The van der Waals surface area contributed by atoms with Crippen LogP contribution in [0.5, 0.6) is 0 Å². The lowest BCUT2D eigenvalue weighted by Crippen LogP contribution is -2.31. The van der Waals surface area contributed by atoms with Crippen LogP contribution in [-0.2, 0) is 6.54 Å². The molecule has 3 rings (SSSR count). The van der Waals surface area contributed by atoms with E-state index in [0.717, 1.165) is 56.7 Å². The maximum Gasteiger partial charge on any atom is 0.225 e. The molecule has 1 aliphatic rings. The van der Waals surface area contributed by atoms with Crippen LogP contribution in [0.2, 0.25) is 0 Å². The van der Waals surface area contributed by atoms with Crippen molar-refractivity contribution in [2.24, 2.45) is 0 Å². The van der Waals surface area contributed by atoms with Crippen molar-refractivity contribution < 1.29 is 0 Å². The van der Waals surface area contributed by atoms with Crippen LogP contribution in [0.3, 0.4) is 0 Å². The Morgan fingerprint density at radius 1 is 1.04 bits per heavy atom. The van der Waals surface area contributed by atoms with Gasteiger partial charge in [-0.3, -0.25) is 4.90 Å². The first-order valence-corrected chi connectivity index (χ1v) is 9.84. The Kier molecular flexibility index (Phi) is 6.58. The summed E-state index contributed by atoms with van der Waals surface area (Å²) in [5.74, 6) is 0.833. The molecule has 1 saturated heterocycles. The number of nitrogens with zero attached hydrogens (tertiary/aromatic N) is 6. The van der Waals surface area contributed by atoms with E-state index >= 15 is 0 Å². The molecular weight excluding hydrogens is 332 g/mol. The van der Waals surface area contributed by atoms with Crippen molar-refractivity contribution in [2.75, 3.05) is 31.1 Å². The van der Waals surface area contributed by atoms with Gasteiger partial charge in [-0.2, -0.15) is 0 Å². The van der Waals surface area contributed by atoms with Gasteiger partial charge in [0.15, 0.2) is 5.16 Å². The van der Waals surface area contributed by atoms with Crippen LogP contribution in [-0.4, -0.2) is 56.3 Å².